The van der Waals surface area contributed by atoms with Gasteiger partial charge in [0.15, 0.2) is 0 Å². The van der Waals surface area contributed by atoms with Crippen molar-refractivity contribution in [1.82, 2.24) is 9.97 Å². The first-order valence-corrected chi connectivity index (χ1v) is 6.51. The van der Waals surface area contributed by atoms with Gasteiger partial charge in [-0.25, -0.2) is 0 Å². The van der Waals surface area contributed by atoms with E-state index in [4.69, 9.17) is 5.26 Å². The maximum absolute atomic E-state index is 11.4. The summed E-state index contributed by atoms with van der Waals surface area (Å²) in [7, 11) is 0. The van der Waals surface area contributed by atoms with Crippen molar-refractivity contribution in [2.45, 2.75) is 25.2 Å². The number of H-pyrrole nitrogens is 2. The van der Waals surface area contributed by atoms with Gasteiger partial charge in [-0.05, 0) is 42.5 Å². The van der Waals surface area contributed by atoms with Crippen molar-refractivity contribution in [1.29, 1.82) is 5.26 Å². The predicted molar refractivity (Wildman–Crippen MR) is 73.6 cm³/mol. The zero-order chi connectivity index (χ0) is 14.1. The summed E-state index contributed by atoms with van der Waals surface area (Å²) >= 11 is 0. The lowest BCUT2D eigenvalue weighted by atomic mass is 9.82. The number of aryl methyl sites for hydroxylation is 1. The molecule has 0 saturated heterocycles. The number of nitriles is 1. The third kappa shape index (κ3) is 2.16. The molecular weight excluding hydrogens is 254 g/mol. The number of aromatic nitrogens is 2. The van der Waals surface area contributed by atoms with E-state index in [0.29, 0.717) is 5.56 Å². The van der Waals surface area contributed by atoms with Gasteiger partial charge in [0.25, 0.3) is 0 Å². The lowest BCUT2D eigenvalue weighted by Gasteiger charge is -2.24. The molecule has 0 radical (unpaired) electrons. The SMILES string of the molecule is N#Cc1ccc2c(c1)CCC(c1c[nH]c(=O)c(=O)[nH]1)C2. The van der Waals surface area contributed by atoms with Gasteiger partial charge in [0.05, 0.1) is 11.6 Å². The summed E-state index contributed by atoms with van der Waals surface area (Å²) in [6.07, 6.45) is 4.16. The van der Waals surface area contributed by atoms with Gasteiger partial charge in [0.1, 0.15) is 0 Å². The van der Waals surface area contributed by atoms with E-state index in [2.05, 4.69) is 16.0 Å². The topological polar surface area (TPSA) is 89.5 Å². The third-order valence-electron chi connectivity index (χ3n) is 3.83. The fraction of sp³-hybridized carbons (Fsp3) is 0.267. The molecule has 1 heterocycles. The summed E-state index contributed by atoms with van der Waals surface area (Å²) in [4.78, 5) is 27.6. The predicted octanol–water partition coefficient (Wildman–Crippen LogP) is 1.21. The Morgan fingerprint density at radius 3 is 2.80 bits per heavy atom. The minimum atomic E-state index is -0.622. The fourth-order valence-corrected chi connectivity index (χ4v) is 2.74. The molecule has 1 aliphatic rings. The summed E-state index contributed by atoms with van der Waals surface area (Å²) in [6, 6.07) is 7.87. The highest BCUT2D eigenvalue weighted by atomic mass is 16.2. The zero-order valence-corrected chi connectivity index (χ0v) is 10.8. The minimum absolute atomic E-state index is 0.194. The standard InChI is InChI=1S/C15H13N3O2/c16-7-9-1-2-11-6-12(4-3-10(11)5-9)13-8-17-14(19)15(20)18-13/h1-2,5,8,12H,3-4,6H2,(H,17,19)(H,18,20). The summed E-state index contributed by atoms with van der Waals surface area (Å²) < 4.78 is 0. The Morgan fingerprint density at radius 2 is 2.05 bits per heavy atom. The van der Waals surface area contributed by atoms with Crippen LogP contribution in [0.2, 0.25) is 0 Å². The van der Waals surface area contributed by atoms with E-state index in [0.717, 1.165) is 25.0 Å². The summed E-state index contributed by atoms with van der Waals surface area (Å²) in [6.45, 7) is 0. The maximum atomic E-state index is 11.4. The number of fused-ring (bicyclic) bond motifs is 1. The fourth-order valence-electron chi connectivity index (χ4n) is 2.74. The van der Waals surface area contributed by atoms with Crippen LogP contribution < -0.4 is 11.1 Å². The Balaban J connectivity index is 1.92. The number of hydrogen-bond donors (Lipinski definition) is 2. The Hall–Kier alpha value is -2.61. The van der Waals surface area contributed by atoms with E-state index in [1.165, 1.54) is 11.1 Å². The van der Waals surface area contributed by atoms with Gasteiger partial charge in [-0.2, -0.15) is 5.26 Å². The molecule has 1 aliphatic carbocycles. The summed E-state index contributed by atoms with van der Waals surface area (Å²) in [5.74, 6) is 0.194. The molecule has 1 aromatic carbocycles. The van der Waals surface area contributed by atoms with Crippen molar-refractivity contribution in [2.24, 2.45) is 0 Å². The number of benzene rings is 1. The monoisotopic (exact) mass is 267 g/mol. The van der Waals surface area contributed by atoms with Crippen molar-refractivity contribution in [2.75, 3.05) is 0 Å². The first-order chi connectivity index (χ1) is 9.67. The van der Waals surface area contributed by atoms with Crippen molar-refractivity contribution < 1.29 is 0 Å². The largest absolute Gasteiger partial charge is 0.323 e. The van der Waals surface area contributed by atoms with Crippen LogP contribution in [0, 0.1) is 11.3 Å². The Morgan fingerprint density at radius 1 is 1.20 bits per heavy atom. The third-order valence-corrected chi connectivity index (χ3v) is 3.83. The van der Waals surface area contributed by atoms with Gasteiger partial charge >= 0.3 is 11.1 Å². The molecule has 20 heavy (non-hydrogen) atoms. The number of nitrogens with zero attached hydrogens (tertiary/aromatic N) is 1. The Bertz CT molecular complexity index is 811. The zero-order valence-electron chi connectivity index (χ0n) is 10.8. The van der Waals surface area contributed by atoms with Crippen LogP contribution in [0.5, 0.6) is 0 Å². The lowest BCUT2D eigenvalue weighted by molar-refractivity contribution is 0.566. The van der Waals surface area contributed by atoms with Crippen LogP contribution in [0.3, 0.4) is 0 Å². The molecule has 1 atom stereocenters. The molecular formula is C15H13N3O2. The molecule has 1 unspecified atom stereocenters. The first-order valence-electron chi connectivity index (χ1n) is 6.51. The average molecular weight is 267 g/mol. The molecule has 5 nitrogen and oxygen atoms in total. The smallest absolute Gasteiger partial charge is 0.313 e. The van der Waals surface area contributed by atoms with E-state index in [9.17, 15) is 9.59 Å². The van der Waals surface area contributed by atoms with Gasteiger partial charge in [-0.3, -0.25) is 9.59 Å². The molecule has 2 aromatic rings. The molecule has 0 bridgehead atoms. The van der Waals surface area contributed by atoms with Gasteiger partial charge in [-0.15, -0.1) is 0 Å². The Labute approximate surface area is 114 Å². The van der Waals surface area contributed by atoms with E-state index in [-0.39, 0.29) is 5.92 Å². The number of rotatable bonds is 1. The van der Waals surface area contributed by atoms with E-state index in [1.807, 2.05) is 18.2 Å². The van der Waals surface area contributed by atoms with Crippen LogP contribution in [0.25, 0.3) is 0 Å². The number of hydrogen-bond acceptors (Lipinski definition) is 3. The van der Waals surface area contributed by atoms with Crippen LogP contribution in [-0.4, -0.2) is 9.97 Å². The van der Waals surface area contributed by atoms with Crippen LogP contribution in [0.4, 0.5) is 0 Å². The Kier molecular flexibility index (Phi) is 2.99. The lowest BCUT2D eigenvalue weighted by Crippen LogP contribution is -2.31. The molecule has 2 N–H and O–H groups in total. The second kappa shape index (κ2) is 4.82. The van der Waals surface area contributed by atoms with E-state index in [1.54, 1.807) is 6.20 Å². The van der Waals surface area contributed by atoms with Crippen molar-refractivity contribution in [3.05, 3.63) is 67.5 Å². The molecule has 5 heteroatoms. The van der Waals surface area contributed by atoms with Crippen LogP contribution in [0.15, 0.2) is 34.0 Å². The van der Waals surface area contributed by atoms with Crippen molar-refractivity contribution >= 4 is 0 Å². The second-order valence-electron chi connectivity index (χ2n) is 5.06. The van der Waals surface area contributed by atoms with Crippen LogP contribution >= 0.6 is 0 Å². The molecule has 1 aromatic heterocycles. The molecule has 0 saturated carbocycles. The highest BCUT2D eigenvalue weighted by Gasteiger charge is 2.21. The molecule has 0 spiro atoms. The molecule has 0 amide bonds. The first kappa shape index (κ1) is 12.4. The molecule has 3 rings (SSSR count). The van der Waals surface area contributed by atoms with Gasteiger partial charge < -0.3 is 9.97 Å². The van der Waals surface area contributed by atoms with Gasteiger partial charge in [0.2, 0.25) is 0 Å². The second-order valence-corrected chi connectivity index (χ2v) is 5.06. The highest BCUT2D eigenvalue weighted by Crippen LogP contribution is 2.31. The van der Waals surface area contributed by atoms with Gasteiger partial charge in [-0.1, -0.05) is 6.07 Å². The maximum Gasteiger partial charge on any atom is 0.313 e. The quantitative estimate of drug-likeness (QED) is 0.761. The summed E-state index contributed by atoms with van der Waals surface area (Å²) in [5.41, 5.74) is 2.63. The van der Waals surface area contributed by atoms with E-state index < -0.39 is 11.1 Å². The number of nitrogens with one attached hydrogen (secondary N) is 2. The van der Waals surface area contributed by atoms with E-state index >= 15 is 0 Å². The normalized spacial score (nSPS) is 17.2. The summed E-state index contributed by atoms with van der Waals surface area (Å²) in [5, 5.41) is 8.90. The van der Waals surface area contributed by atoms with Gasteiger partial charge in [0, 0.05) is 17.8 Å². The molecule has 100 valence electrons. The minimum Gasteiger partial charge on any atom is -0.323 e. The van der Waals surface area contributed by atoms with Crippen molar-refractivity contribution in [3.63, 3.8) is 0 Å². The molecule has 0 aliphatic heterocycles. The van der Waals surface area contributed by atoms with Crippen molar-refractivity contribution in [3.8, 4) is 6.07 Å². The molecule has 0 fully saturated rings. The number of aromatic amines is 2. The van der Waals surface area contributed by atoms with Crippen LogP contribution in [0.1, 0.15) is 34.7 Å². The average Bonchev–Trinajstić information content (AvgIpc) is 2.49. The highest BCUT2D eigenvalue weighted by molar-refractivity contribution is 5.40. The van der Waals surface area contributed by atoms with Crippen LogP contribution in [-0.2, 0) is 12.8 Å².